The Morgan fingerprint density at radius 3 is 2.59 bits per heavy atom. The Bertz CT molecular complexity index is 862. The van der Waals surface area contributed by atoms with E-state index < -0.39 is 0 Å². The molecule has 1 aliphatic heterocycles. The minimum absolute atomic E-state index is 0.0322. The molecule has 2 N–H and O–H groups in total. The van der Waals surface area contributed by atoms with Crippen molar-refractivity contribution in [1.82, 2.24) is 5.32 Å². The molecule has 0 saturated carbocycles. The van der Waals surface area contributed by atoms with Crippen molar-refractivity contribution in [2.24, 2.45) is 5.92 Å². The lowest BCUT2D eigenvalue weighted by molar-refractivity contribution is -0.121. The fourth-order valence-corrected chi connectivity index (χ4v) is 3.50. The van der Waals surface area contributed by atoms with Gasteiger partial charge >= 0.3 is 6.03 Å². The molecular formula is C23H29N3O3. The molecule has 0 saturated heterocycles. The minimum atomic E-state index is -0.232. The monoisotopic (exact) mass is 395 g/mol. The molecule has 29 heavy (non-hydrogen) atoms. The third-order valence-corrected chi connectivity index (χ3v) is 5.07. The smallest absolute Gasteiger partial charge is 0.319 e. The number of carbonyl (C=O) groups is 2. The van der Waals surface area contributed by atoms with E-state index in [1.165, 1.54) is 0 Å². The zero-order chi connectivity index (χ0) is 20.8. The normalized spacial score (nSPS) is 13.0. The number of fused-ring (bicyclic) bond motifs is 1. The van der Waals surface area contributed by atoms with Crippen LogP contribution in [-0.2, 0) is 17.6 Å². The molecule has 0 atom stereocenters. The van der Waals surface area contributed by atoms with E-state index in [0.29, 0.717) is 6.54 Å². The van der Waals surface area contributed by atoms with E-state index >= 15 is 0 Å². The van der Waals surface area contributed by atoms with Gasteiger partial charge < -0.3 is 20.3 Å². The number of nitrogens with one attached hydrogen (secondary N) is 2. The molecule has 2 aromatic rings. The second-order valence-corrected chi connectivity index (χ2v) is 7.57. The molecule has 0 bridgehead atoms. The number of urea groups is 1. The van der Waals surface area contributed by atoms with Crippen LogP contribution < -0.4 is 20.3 Å². The predicted molar refractivity (Wildman–Crippen MR) is 116 cm³/mol. The van der Waals surface area contributed by atoms with Crippen LogP contribution in [0.25, 0.3) is 0 Å². The molecule has 6 nitrogen and oxygen atoms in total. The molecule has 3 amide bonds. The standard InChI is InChI=1S/C23H29N3O3/c1-16(2)22(27)26-14-4-5-18-15-19(8-11-21(18)26)25-23(28)24-13-12-17-6-9-20(29-3)10-7-17/h6-11,15-16H,4-5,12-14H2,1-3H3,(H2,24,25,28). The second kappa shape index (κ2) is 9.45. The minimum Gasteiger partial charge on any atom is -0.497 e. The Labute approximate surface area is 172 Å². The summed E-state index contributed by atoms with van der Waals surface area (Å²) in [6.07, 6.45) is 2.59. The molecule has 154 valence electrons. The Kier molecular flexibility index (Phi) is 6.75. The lowest BCUT2D eigenvalue weighted by atomic mass is 9.99. The lowest BCUT2D eigenvalue weighted by Gasteiger charge is -2.31. The van der Waals surface area contributed by atoms with E-state index in [1.54, 1.807) is 7.11 Å². The van der Waals surface area contributed by atoms with Gasteiger partial charge in [-0.3, -0.25) is 4.79 Å². The van der Waals surface area contributed by atoms with Crippen LogP contribution in [0.1, 0.15) is 31.4 Å². The number of aryl methyl sites for hydroxylation is 1. The number of hydrogen-bond acceptors (Lipinski definition) is 3. The third kappa shape index (κ3) is 5.28. The first kappa shape index (κ1) is 20.7. The SMILES string of the molecule is COc1ccc(CCNC(=O)Nc2ccc3c(c2)CCCN3C(=O)C(C)C)cc1. The second-order valence-electron chi connectivity index (χ2n) is 7.57. The number of carbonyl (C=O) groups excluding carboxylic acids is 2. The van der Waals surface area contributed by atoms with Crippen molar-refractivity contribution in [3.8, 4) is 5.75 Å². The van der Waals surface area contributed by atoms with Crippen molar-refractivity contribution < 1.29 is 14.3 Å². The maximum Gasteiger partial charge on any atom is 0.319 e. The molecule has 6 heteroatoms. The summed E-state index contributed by atoms with van der Waals surface area (Å²) in [5.41, 5.74) is 3.93. The average Bonchev–Trinajstić information content (AvgIpc) is 2.73. The van der Waals surface area contributed by atoms with Crippen molar-refractivity contribution >= 4 is 23.3 Å². The average molecular weight is 396 g/mol. The number of ether oxygens (including phenoxy) is 1. The molecule has 0 radical (unpaired) electrons. The third-order valence-electron chi connectivity index (χ3n) is 5.07. The summed E-state index contributed by atoms with van der Waals surface area (Å²) in [4.78, 5) is 26.5. The van der Waals surface area contributed by atoms with Gasteiger partial charge in [0.25, 0.3) is 0 Å². The van der Waals surface area contributed by atoms with E-state index in [-0.39, 0.29) is 17.9 Å². The van der Waals surface area contributed by atoms with Crippen LogP contribution in [-0.4, -0.2) is 32.1 Å². The van der Waals surface area contributed by atoms with Crippen molar-refractivity contribution in [2.45, 2.75) is 33.1 Å². The summed E-state index contributed by atoms with van der Waals surface area (Å²) in [5, 5.41) is 5.77. The summed E-state index contributed by atoms with van der Waals surface area (Å²) >= 11 is 0. The number of rotatable bonds is 6. The highest BCUT2D eigenvalue weighted by Gasteiger charge is 2.24. The van der Waals surface area contributed by atoms with Gasteiger partial charge in [-0.15, -0.1) is 0 Å². The fourth-order valence-electron chi connectivity index (χ4n) is 3.50. The number of methoxy groups -OCH3 is 1. The number of benzene rings is 2. The summed E-state index contributed by atoms with van der Waals surface area (Å²) in [6, 6.07) is 13.3. The summed E-state index contributed by atoms with van der Waals surface area (Å²) in [7, 11) is 1.64. The van der Waals surface area contributed by atoms with E-state index in [1.807, 2.05) is 61.2 Å². The van der Waals surface area contributed by atoms with Gasteiger partial charge in [0.15, 0.2) is 0 Å². The largest absolute Gasteiger partial charge is 0.497 e. The summed E-state index contributed by atoms with van der Waals surface area (Å²) < 4.78 is 5.15. The topological polar surface area (TPSA) is 70.7 Å². The van der Waals surface area contributed by atoms with Crippen molar-refractivity contribution in [1.29, 1.82) is 0 Å². The van der Waals surface area contributed by atoms with Crippen LogP contribution in [0.5, 0.6) is 5.75 Å². The number of anilines is 2. The van der Waals surface area contributed by atoms with E-state index in [4.69, 9.17) is 4.74 Å². The Balaban J connectivity index is 1.54. The van der Waals surface area contributed by atoms with Crippen LogP contribution in [0.15, 0.2) is 42.5 Å². The molecular weight excluding hydrogens is 366 g/mol. The van der Waals surface area contributed by atoms with Crippen molar-refractivity contribution in [3.05, 3.63) is 53.6 Å². The highest BCUT2D eigenvalue weighted by Crippen LogP contribution is 2.30. The van der Waals surface area contributed by atoms with Gasteiger partial charge in [0, 0.05) is 30.4 Å². The lowest BCUT2D eigenvalue weighted by Crippen LogP contribution is -2.38. The Morgan fingerprint density at radius 2 is 1.90 bits per heavy atom. The van der Waals surface area contributed by atoms with Gasteiger partial charge in [-0.25, -0.2) is 4.79 Å². The van der Waals surface area contributed by atoms with Crippen LogP contribution in [0.2, 0.25) is 0 Å². The highest BCUT2D eigenvalue weighted by atomic mass is 16.5. The highest BCUT2D eigenvalue weighted by molar-refractivity contribution is 5.96. The van der Waals surface area contributed by atoms with Gasteiger partial charge in [-0.05, 0) is 60.7 Å². The first-order valence-electron chi connectivity index (χ1n) is 10.1. The molecule has 1 aliphatic rings. The molecule has 0 aliphatic carbocycles. The summed E-state index contributed by atoms with van der Waals surface area (Å²) in [6.45, 7) is 5.13. The van der Waals surface area contributed by atoms with Crippen molar-refractivity contribution in [3.63, 3.8) is 0 Å². The van der Waals surface area contributed by atoms with Crippen LogP contribution in [0.4, 0.5) is 16.2 Å². The zero-order valence-electron chi connectivity index (χ0n) is 17.3. The number of hydrogen-bond donors (Lipinski definition) is 2. The van der Waals surface area contributed by atoms with Crippen LogP contribution in [0, 0.1) is 5.92 Å². The first-order chi connectivity index (χ1) is 14.0. The zero-order valence-corrected chi connectivity index (χ0v) is 17.3. The first-order valence-corrected chi connectivity index (χ1v) is 10.1. The molecule has 0 spiro atoms. The molecule has 0 unspecified atom stereocenters. The number of amides is 3. The fraction of sp³-hybridized carbons (Fsp3) is 0.391. The number of nitrogens with zero attached hydrogens (tertiary/aromatic N) is 1. The summed E-state index contributed by atoms with van der Waals surface area (Å²) in [5.74, 6) is 0.929. The van der Waals surface area contributed by atoms with E-state index in [2.05, 4.69) is 10.6 Å². The van der Waals surface area contributed by atoms with Gasteiger partial charge in [0.2, 0.25) is 5.91 Å². The van der Waals surface area contributed by atoms with Gasteiger partial charge in [0.05, 0.1) is 7.11 Å². The van der Waals surface area contributed by atoms with E-state index in [0.717, 1.165) is 54.1 Å². The van der Waals surface area contributed by atoms with E-state index in [9.17, 15) is 9.59 Å². The van der Waals surface area contributed by atoms with Crippen molar-refractivity contribution in [2.75, 3.05) is 30.4 Å². The maximum atomic E-state index is 12.4. The molecule has 2 aromatic carbocycles. The molecule has 0 fully saturated rings. The Hall–Kier alpha value is -3.02. The van der Waals surface area contributed by atoms with Crippen LogP contribution >= 0.6 is 0 Å². The predicted octanol–water partition coefficient (Wildman–Crippen LogP) is 3.99. The molecule has 0 aromatic heterocycles. The quantitative estimate of drug-likeness (QED) is 0.777. The van der Waals surface area contributed by atoms with Gasteiger partial charge in [-0.1, -0.05) is 26.0 Å². The van der Waals surface area contributed by atoms with Crippen LogP contribution in [0.3, 0.4) is 0 Å². The molecule has 3 rings (SSSR count). The maximum absolute atomic E-state index is 12.4. The Morgan fingerprint density at radius 1 is 1.14 bits per heavy atom. The van der Waals surface area contributed by atoms with Gasteiger partial charge in [0.1, 0.15) is 5.75 Å². The molecule has 1 heterocycles. The van der Waals surface area contributed by atoms with Gasteiger partial charge in [-0.2, -0.15) is 0 Å².